The molecule has 0 heterocycles. The van der Waals surface area contributed by atoms with Crippen LogP contribution in [0.5, 0.6) is 5.75 Å². The summed E-state index contributed by atoms with van der Waals surface area (Å²) in [7, 11) is 0. The molecule has 0 aliphatic rings. The minimum atomic E-state index is -0.130. The van der Waals surface area contributed by atoms with E-state index in [2.05, 4.69) is 20.8 Å². The van der Waals surface area contributed by atoms with Crippen LogP contribution in [0.1, 0.15) is 52.0 Å². The van der Waals surface area contributed by atoms with Crippen molar-refractivity contribution in [2.75, 3.05) is 12.4 Å². The van der Waals surface area contributed by atoms with E-state index >= 15 is 0 Å². The second-order valence-electron chi connectivity index (χ2n) is 6.05. The fourth-order valence-corrected chi connectivity index (χ4v) is 3.21. The lowest BCUT2D eigenvalue weighted by Crippen LogP contribution is -2.16. The maximum Gasteiger partial charge on any atom is 0.315 e. The number of unbranched alkanes of at least 4 members (excludes halogenated alkanes) is 1. The van der Waals surface area contributed by atoms with Crippen molar-refractivity contribution in [2.24, 2.45) is 5.92 Å². The Morgan fingerprint density at radius 2 is 2.04 bits per heavy atom. The van der Waals surface area contributed by atoms with Gasteiger partial charge >= 0.3 is 5.97 Å². The number of rotatable bonds is 11. The Morgan fingerprint density at radius 1 is 1.30 bits per heavy atom. The van der Waals surface area contributed by atoms with Crippen molar-refractivity contribution in [3.05, 3.63) is 29.8 Å². The number of aromatic hydroxyl groups is 1. The second-order valence-corrected chi connectivity index (χ2v) is 7.48. The first kappa shape index (κ1) is 19.9. The summed E-state index contributed by atoms with van der Waals surface area (Å²) >= 11 is 1.58. The summed E-state index contributed by atoms with van der Waals surface area (Å²) in [5.74, 6) is 1.06. The molecule has 0 saturated heterocycles. The van der Waals surface area contributed by atoms with Crippen LogP contribution in [0.25, 0.3) is 0 Å². The van der Waals surface area contributed by atoms with E-state index < -0.39 is 0 Å². The van der Waals surface area contributed by atoms with E-state index in [0.717, 1.165) is 24.8 Å². The summed E-state index contributed by atoms with van der Waals surface area (Å²) in [4.78, 5) is 11.9. The van der Waals surface area contributed by atoms with Crippen molar-refractivity contribution in [3.63, 3.8) is 0 Å². The topological polar surface area (TPSA) is 46.5 Å². The number of ether oxygens (including phenoxy) is 1. The van der Waals surface area contributed by atoms with Crippen LogP contribution < -0.4 is 0 Å². The second kappa shape index (κ2) is 11.4. The largest absolute Gasteiger partial charge is 0.508 e. The van der Waals surface area contributed by atoms with Crippen molar-refractivity contribution in [1.29, 1.82) is 0 Å². The van der Waals surface area contributed by atoms with Crippen molar-refractivity contribution >= 4 is 17.7 Å². The van der Waals surface area contributed by atoms with E-state index in [1.165, 1.54) is 12.8 Å². The Bertz CT molecular complexity index is 462. The highest BCUT2D eigenvalue weighted by molar-refractivity contribution is 8.00. The fraction of sp³-hybridized carbons (Fsp3) is 0.632. The van der Waals surface area contributed by atoms with Gasteiger partial charge in [0, 0.05) is 5.25 Å². The molecule has 23 heavy (non-hydrogen) atoms. The number of phenolic OH excluding ortho intramolecular Hbond substituents is 1. The molecular weight excluding hydrogens is 308 g/mol. The summed E-state index contributed by atoms with van der Waals surface area (Å²) in [6, 6.07) is 7.35. The number of hydrogen-bond donors (Lipinski definition) is 1. The molecule has 0 saturated carbocycles. The van der Waals surface area contributed by atoms with Gasteiger partial charge in [0.15, 0.2) is 0 Å². The number of benzene rings is 1. The van der Waals surface area contributed by atoms with Crippen LogP contribution in [0.2, 0.25) is 0 Å². The molecular formula is C19H30O3S. The van der Waals surface area contributed by atoms with Gasteiger partial charge in [0.2, 0.25) is 0 Å². The van der Waals surface area contributed by atoms with Crippen molar-refractivity contribution in [2.45, 2.75) is 58.1 Å². The number of carbonyl (C=O) groups excluding carboxylic acids is 1. The number of hydrogen-bond acceptors (Lipinski definition) is 4. The third-order valence-electron chi connectivity index (χ3n) is 4.01. The molecule has 2 atom stereocenters. The summed E-state index contributed by atoms with van der Waals surface area (Å²) in [5, 5.41) is 10.0. The summed E-state index contributed by atoms with van der Waals surface area (Å²) < 4.78 is 5.41. The van der Waals surface area contributed by atoms with Gasteiger partial charge < -0.3 is 9.84 Å². The molecule has 1 N–H and O–H groups in total. The summed E-state index contributed by atoms with van der Waals surface area (Å²) in [5.41, 5.74) is 0.923. The monoisotopic (exact) mass is 338 g/mol. The van der Waals surface area contributed by atoms with Gasteiger partial charge in [0.1, 0.15) is 5.75 Å². The van der Waals surface area contributed by atoms with Gasteiger partial charge in [-0.15, -0.1) is 11.8 Å². The third-order valence-corrected chi connectivity index (χ3v) is 5.15. The molecule has 0 aromatic heterocycles. The minimum absolute atomic E-state index is 0.130. The lowest BCUT2D eigenvalue weighted by molar-refractivity contribution is -0.141. The van der Waals surface area contributed by atoms with E-state index in [-0.39, 0.29) is 11.2 Å². The fourth-order valence-electron chi connectivity index (χ4n) is 2.41. The van der Waals surface area contributed by atoms with Crippen molar-refractivity contribution in [1.82, 2.24) is 0 Å². The predicted molar refractivity (Wildman–Crippen MR) is 98.0 cm³/mol. The van der Waals surface area contributed by atoms with Crippen molar-refractivity contribution < 1.29 is 14.6 Å². The Morgan fingerprint density at radius 3 is 2.70 bits per heavy atom. The van der Waals surface area contributed by atoms with Crippen LogP contribution in [-0.2, 0) is 16.0 Å². The van der Waals surface area contributed by atoms with Crippen LogP contribution >= 0.6 is 11.8 Å². The molecule has 130 valence electrons. The maximum atomic E-state index is 11.9. The molecule has 3 nitrogen and oxygen atoms in total. The van der Waals surface area contributed by atoms with Crippen LogP contribution in [0, 0.1) is 5.92 Å². The van der Waals surface area contributed by atoms with Crippen LogP contribution in [0.4, 0.5) is 0 Å². The zero-order valence-electron chi connectivity index (χ0n) is 14.6. The SMILES string of the molecule is CCCCC(CC)COC(=O)CSC(C)Cc1ccccc1O. The average Bonchev–Trinajstić information content (AvgIpc) is 2.55. The molecule has 0 aliphatic carbocycles. The Kier molecular flexibility index (Phi) is 9.85. The van der Waals surface area contributed by atoms with E-state index in [9.17, 15) is 9.90 Å². The summed E-state index contributed by atoms with van der Waals surface area (Å²) in [6.07, 6.45) is 5.33. The van der Waals surface area contributed by atoms with Crippen molar-refractivity contribution in [3.8, 4) is 5.75 Å². The molecule has 0 spiro atoms. The Labute approximate surface area is 144 Å². The predicted octanol–water partition coefficient (Wildman–Crippen LogP) is 4.82. The van der Waals surface area contributed by atoms with E-state index in [4.69, 9.17) is 4.74 Å². The Balaban J connectivity index is 2.25. The molecule has 0 amide bonds. The summed E-state index contributed by atoms with van der Waals surface area (Å²) in [6.45, 7) is 6.95. The normalized spacial score (nSPS) is 13.5. The van der Waals surface area contributed by atoms with E-state index in [1.54, 1.807) is 17.8 Å². The highest BCUT2D eigenvalue weighted by Crippen LogP contribution is 2.22. The molecule has 0 bridgehead atoms. The number of para-hydroxylation sites is 1. The average molecular weight is 339 g/mol. The van der Waals surface area contributed by atoms with E-state index in [0.29, 0.717) is 24.0 Å². The number of thioether (sulfide) groups is 1. The van der Waals surface area contributed by atoms with Gasteiger partial charge in [-0.2, -0.15) is 0 Å². The molecule has 2 unspecified atom stereocenters. The van der Waals surface area contributed by atoms with Gasteiger partial charge in [-0.25, -0.2) is 0 Å². The number of carbonyl (C=O) groups is 1. The third kappa shape index (κ3) is 8.31. The lowest BCUT2D eigenvalue weighted by atomic mass is 10.0. The van der Waals surface area contributed by atoms with Gasteiger partial charge in [-0.05, 0) is 30.4 Å². The maximum absolute atomic E-state index is 11.9. The van der Waals surface area contributed by atoms with Gasteiger partial charge in [-0.1, -0.05) is 58.2 Å². The quantitative estimate of drug-likeness (QED) is 0.588. The molecule has 4 heteroatoms. The number of esters is 1. The standard InChI is InChI=1S/C19H30O3S/c1-4-6-9-16(5-2)13-22-19(21)14-23-15(3)12-17-10-7-8-11-18(17)20/h7-8,10-11,15-16,20H,4-6,9,12-14H2,1-3H3. The molecule has 0 aliphatic heterocycles. The molecule has 1 rings (SSSR count). The van der Waals surface area contributed by atoms with E-state index in [1.807, 2.05) is 18.2 Å². The van der Waals surface area contributed by atoms with Gasteiger partial charge in [0.05, 0.1) is 12.4 Å². The van der Waals surface area contributed by atoms with Gasteiger partial charge in [-0.3, -0.25) is 4.79 Å². The highest BCUT2D eigenvalue weighted by Gasteiger charge is 2.13. The first-order chi connectivity index (χ1) is 11.1. The molecule has 1 aromatic carbocycles. The minimum Gasteiger partial charge on any atom is -0.508 e. The smallest absolute Gasteiger partial charge is 0.315 e. The first-order valence-electron chi connectivity index (χ1n) is 8.60. The van der Waals surface area contributed by atoms with Crippen LogP contribution in [-0.4, -0.2) is 28.7 Å². The zero-order valence-corrected chi connectivity index (χ0v) is 15.4. The molecule has 0 fully saturated rings. The first-order valence-corrected chi connectivity index (χ1v) is 9.65. The van der Waals surface area contributed by atoms with Gasteiger partial charge in [0.25, 0.3) is 0 Å². The highest BCUT2D eigenvalue weighted by atomic mass is 32.2. The Hall–Kier alpha value is -1.16. The van der Waals surface area contributed by atoms with Crippen LogP contribution in [0.15, 0.2) is 24.3 Å². The number of phenols is 1. The molecule has 1 aromatic rings. The van der Waals surface area contributed by atoms with Crippen LogP contribution in [0.3, 0.4) is 0 Å². The zero-order chi connectivity index (χ0) is 17.1. The lowest BCUT2D eigenvalue weighted by Gasteiger charge is -2.15. The molecule has 0 radical (unpaired) electrons.